The van der Waals surface area contributed by atoms with Crippen molar-refractivity contribution >= 4 is 5.97 Å². The molecule has 94 valence electrons. The summed E-state index contributed by atoms with van der Waals surface area (Å²) in [6.45, 7) is 8.89. The molecule has 1 saturated heterocycles. The highest BCUT2D eigenvalue weighted by molar-refractivity contribution is 5.75. The Morgan fingerprint density at radius 1 is 1.44 bits per heavy atom. The maximum Gasteiger partial charge on any atom is 0.323 e. The van der Waals surface area contributed by atoms with Crippen LogP contribution in [-0.4, -0.2) is 36.6 Å². The Bertz CT molecular complexity index is 218. The second-order valence-electron chi connectivity index (χ2n) is 4.77. The highest BCUT2D eigenvalue weighted by atomic mass is 16.5. The van der Waals surface area contributed by atoms with Crippen LogP contribution in [0.3, 0.4) is 0 Å². The molecule has 1 aliphatic rings. The van der Waals surface area contributed by atoms with Crippen LogP contribution >= 0.6 is 0 Å². The summed E-state index contributed by atoms with van der Waals surface area (Å²) < 4.78 is 5.15. The van der Waals surface area contributed by atoms with Gasteiger partial charge in [-0.2, -0.15) is 0 Å². The number of carbonyl (C=O) groups excluding carboxylic acids is 1. The Labute approximate surface area is 99.1 Å². The summed E-state index contributed by atoms with van der Waals surface area (Å²) in [6.07, 6.45) is 4.51. The van der Waals surface area contributed by atoms with Gasteiger partial charge in [0.1, 0.15) is 6.04 Å². The van der Waals surface area contributed by atoms with Gasteiger partial charge in [0.25, 0.3) is 0 Å². The number of ether oxygens (including phenoxy) is 1. The summed E-state index contributed by atoms with van der Waals surface area (Å²) in [5, 5.41) is 0. The van der Waals surface area contributed by atoms with Gasteiger partial charge >= 0.3 is 5.97 Å². The Morgan fingerprint density at radius 3 is 2.81 bits per heavy atom. The molecule has 2 atom stereocenters. The molecule has 0 N–H and O–H groups in total. The normalized spacial score (nSPS) is 24.1. The molecule has 1 heterocycles. The van der Waals surface area contributed by atoms with Crippen LogP contribution in [0.1, 0.15) is 46.5 Å². The maximum atomic E-state index is 11.8. The van der Waals surface area contributed by atoms with Gasteiger partial charge in [0.2, 0.25) is 0 Å². The lowest BCUT2D eigenvalue weighted by Crippen LogP contribution is -2.47. The molecule has 3 heteroatoms. The summed E-state index contributed by atoms with van der Waals surface area (Å²) in [5.41, 5.74) is 0. The third-order valence-electron chi connectivity index (χ3n) is 3.42. The number of hydrogen-bond donors (Lipinski definition) is 0. The molecule has 0 aromatic heterocycles. The first kappa shape index (κ1) is 13.5. The summed E-state index contributed by atoms with van der Waals surface area (Å²) in [6, 6.07) is 0.0164. The summed E-state index contributed by atoms with van der Waals surface area (Å²) in [7, 11) is 0. The lowest BCUT2D eigenvalue weighted by atomic mass is 9.99. The number of likely N-dealkylation sites (tertiary alicyclic amines) is 1. The van der Waals surface area contributed by atoms with Crippen molar-refractivity contribution < 1.29 is 9.53 Å². The molecule has 0 amide bonds. The zero-order valence-corrected chi connectivity index (χ0v) is 10.9. The lowest BCUT2D eigenvalue weighted by Gasteiger charge is -2.35. The van der Waals surface area contributed by atoms with Crippen LogP contribution in [0.2, 0.25) is 0 Å². The van der Waals surface area contributed by atoms with E-state index in [2.05, 4.69) is 18.7 Å². The van der Waals surface area contributed by atoms with Gasteiger partial charge < -0.3 is 4.74 Å². The minimum Gasteiger partial charge on any atom is -0.465 e. The SMILES string of the molecule is CCOC(=O)C1CCCCN1CC(C)CC. The first-order valence-corrected chi connectivity index (χ1v) is 6.59. The fraction of sp³-hybridized carbons (Fsp3) is 0.923. The number of esters is 1. The predicted molar refractivity (Wildman–Crippen MR) is 65.3 cm³/mol. The summed E-state index contributed by atoms with van der Waals surface area (Å²) in [5.74, 6) is 0.639. The van der Waals surface area contributed by atoms with E-state index in [1.165, 1.54) is 12.8 Å². The van der Waals surface area contributed by atoms with Crippen LogP contribution in [0.15, 0.2) is 0 Å². The highest BCUT2D eigenvalue weighted by Gasteiger charge is 2.30. The van der Waals surface area contributed by atoms with Crippen LogP contribution < -0.4 is 0 Å². The van der Waals surface area contributed by atoms with Gasteiger partial charge in [0.15, 0.2) is 0 Å². The van der Waals surface area contributed by atoms with Crippen molar-refractivity contribution in [3.05, 3.63) is 0 Å². The fourth-order valence-corrected chi connectivity index (χ4v) is 2.24. The van der Waals surface area contributed by atoms with Gasteiger partial charge in [0.05, 0.1) is 6.61 Å². The van der Waals surface area contributed by atoms with Crippen LogP contribution in [0.5, 0.6) is 0 Å². The van der Waals surface area contributed by atoms with Gasteiger partial charge in [-0.25, -0.2) is 0 Å². The second kappa shape index (κ2) is 6.89. The van der Waals surface area contributed by atoms with Crippen LogP contribution in [-0.2, 0) is 9.53 Å². The fourth-order valence-electron chi connectivity index (χ4n) is 2.24. The predicted octanol–water partition coefficient (Wildman–Crippen LogP) is 2.45. The minimum absolute atomic E-state index is 0.0164. The molecule has 0 spiro atoms. The van der Waals surface area contributed by atoms with Crippen molar-refractivity contribution in [3.8, 4) is 0 Å². The van der Waals surface area contributed by atoms with Gasteiger partial charge in [-0.1, -0.05) is 26.7 Å². The number of nitrogens with zero attached hydrogens (tertiary/aromatic N) is 1. The number of carbonyl (C=O) groups is 1. The number of rotatable bonds is 5. The van der Waals surface area contributed by atoms with Crippen molar-refractivity contribution in [2.45, 2.75) is 52.5 Å². The average Bonchev–Trinajstić information content (AvgIpc) is 2.30. The molecule has 2 unspecified atom stereocenters. The van der Waals surface area contributed by atoms with Crippen molar-refractivity contribution in [2.75, 3.05) is 19.7 Å². The monoisotopic (exact) mass is 227 g/mol. The van der Waals surface area contributed by atoms with Gasteiger partial charge in [-0.15, -0.1) is 0 Å². The van der Waals surface area contributed by atoms with Gasteiger partial charge in [-0.05, 0) is 32.2 Å². The van der Waals surface area contributed by atoms with E-state index in [1.54, 1.807) is 0 Å². The average molecular weight is 227 g/mol. The molecule has 1 rings (SSSR count). The first-order valence-electron chi connectivity index (χ1n) is 6.59. The van der Waals surface area contributed by atoms with Crippen molar-refractivity contribution in [2.24, 2.45) is 5.92 Å². The Morgan fingerprint density at radius 2 is 2.19 bits per heavy atom. The third-order valence-corrected chi connectivity index (χ3v) is 3.42. The van der Waals surface area contributed by atoms with Gasteiger partial charge in [-0.3, -0.25) is 9.69 Å². The standard InChI is InChI=1S/C13H25NO2/c1-4-11(3)10-14-9-7-6-8-12(14)13(15)16-5-2/h11-12H,4-10H2,1-3H3. The summed E-state index contributed by atoms with van der Waals surface area (Å²) in [4.78, 5) is 14.1. The molecule has 16 heavy (non-hydrogen) atoms. The van der Waals surface area contributed by atoms with E-state index in [4.69, 9.17) is 4.74 Å². The largest absolute Gasteiger partial charge is 0.465 e. The van der Waals surface area contributed by atoms with E-state index >= 15 is 0 Å². The van der Waals surface area contributed by atoms with E-state index < -0.39 is 0 Å². The van der Waals surface area contributed by atoms with E-state index in [-0.39, 0.29) is 12.0 Å². The molecule has 3 nitrogen and oxygen atoms in total. The van der Waals surface area contributed by atoms with Crippen molar-refractivity contribution in [1.82, 2.24) is 4.90 Å². The van der Waals surface area contributed by atoms with Crippen LogP contribution in [0, 0.1) is 5.92 Å². The molecule has 1 aliphatic heterocycles. The number of piperidine rings is 1. The molecule has 0 bridgehead atoms. The molecule has 0 aromatic carbocycles. The first-order chi connectivity index (χ1) is 7.69. The highest BCUT2D eigenvalue weighted by Crippen LogP contribution is 2.20. The Kier molecular flexibility index (Phi) is 5.81. The van der Waals surface area contributed by atoms with Crippen molar-refractivity contribution in [1.29, 1.82) is 0 Å². The molecule has 0 radical (unpaired) electrons. The van der Waals surface area contributed by atoms with Crippen LogP contribution in [0.25, 0.3) is 0 Å². The van der Waals surface area contributed by atoms with Gasteiger partial charge in [0, 0.05) is 6.54 Å². The Balaban J connectivity index is 2.52. The molecule has 0 saturated carbocycles. The minimum atomic E-state index is -0.0227. The summed E-state index contributed by atoms with van der Waals surface area (Å²) >= 11 is 0. The molecular formula is C13H25NO2. The quantitative estimate of drug-likeness (QED) is 0.676. The zero-order valence-electron chi connectivity index (χ0n) is 10.9. The van der Waals surface area contributed by atoms with E-state index in [9.17, 15) is 4.79 Å². The molecule has 0 aliphatic carbocycles. The van der Waals surface area contributed by atoms with E-state index in [0.717, 1.165) is 25.9 Å². The molecule has 0 aromatic rings. The lowest BCUT2D eigenvalue weighted by molar-refractivity contribution is -0.151. The third kappa shape index (κ3) is 3.78. The van der Waals surface area contributed by atoms with Crippen molar-refractivity contribution in [3.63, 3.8) is 0 Å². The van der Waals surface area contributed by atoms with Crippen LogP contribution in [0.4, 0.5) is 0 Å². The smallest absolute Gasteiger partial charge is 0.323 e. The number of hydrogen-bond acceptors (Lipinski definition) is 3. The topological polar surface area (TPSA) is 29.5 Å². The zero-order chi connectivity index (χ0) is 12.0. The van der Waals surface area contributed by atoms with E-state index in [1.807, 2.05) is 6.92 Å². The molecular weight excluding hydrogens is 202 g/mol. The maximum absolute atomic E-state index is 11.8. The Hall–Kier alpha value is -0.570. The molecule has 1 fully saturated rings. The second-order valence-corrected chi connectivity index (χ2v) is 4.77. The van der Waals surface area contributed by atoms with E-state index in [0.29, 0.717) is 12.5 Å².